The van der Waals surface area contributed by atoms with Crippen LogP contribution in [-0.2, 0) is 11.2 Å². The Hall–Kier alpha value is -2.72. The topological polar surface area (TPSA) is 47.6 Å². The van der Waals surface area contributed by atoms with Gasteiger partial charge in [-0.2, -0.15) is 0 Å². The summed E-state index contributed by atoms with van der Waals surface area (Å²) in [6, 6.07) is 17.5. The molecule has 0 atom stereocenters. The Labute approximate surface area is 150 Å². The van der Waals surface area contributed by atoms with Crippen molar-refractivity contribution in [3.8, 4) is 11.5 Å². The summed E-state index contributed by atoms with van der Waals surface area (Å²) < 4.78 is 11.0. The summed E-state index contributed by atoms with van der Waals surface area (Å²) in [5.74, 6) is 1.06. The molecule has 1 N–H and O–H groups in total. The second kappa shape index (κ2) is 6.65. The molecular formula is C20H16ClNO3. The van der Waals surface area contributed by atoms with Crippen LogP contribution in [0.2, 0.25) is 5.02 Å². The van der Waals surface area contributed by atoms with Crippen LogP contribution in [0.4, 0.5) is 5.69 Å². The van der Waals surface area contributed by atoms with Crippen molar-refractivity contribution in [2.75, 3.05) is 18.5 Å². The van der Waals surface area contributed by atoms with Crippen LogP contribution in [0.25, 0.3) is 10.8 Å². The maximum atomic E-state index is 12.4. The molecule has 0 aromatic heterocycles. The molecule has 1 aliphatic rings. The molecule has 3 aromatic carbocycles. The molecule has 0 unspecified atom stereocenters. The number of amides is 1. The summed E-state index contributed by atoms with van der Waals surface area (Å²) in [4.78, 5) is 12.4. The number of hydrogen-bond donors (Lipinski definition) is 1. The predicted molar refractivity (Wildman–Crippen MR) is 98.7 cm³/mol. The molecule has 0 bridgehead atoms. The quantitative estimate of drug-likeness (QED) is 0.757. The number of carbonyl (C=O) groups is 1. The van der Waals surface area contributed by atoms with Gasteiger partial charge in [-0.25, -0.2) is 0 Å². The van der Waals surface area contributed by atoms with E-state index in [9.17, 15) is 4.79 Å². The van der Waals surface area contributed by atoms with Gasteiger partial charge in [0.2, 0.25) is 5.91 Å². The van der Waals surface area contributed by atoms with Crippen LogP contribution in [0.3, 0.4) is 0 Å². The van der Waals surface area contributed by atoms with Crippen LogP contribution >= 0.6 is 11.6 Å². The highest BCUT2D eigenvalue weighted by Crippen LogP contribution is 2.38. The molecule has 0 saturated heterocycles. The van der Waals surface area contributed by atoms with E-state index in [4.69, 9.17) is 21.1 Å². The molecule has 0 aliphatic carbocycles. The molecule has 0 saturated carbocycles. The minimum atomic E-state index is -0.131. The summed E-state index contributed by atoms with van der Waals surface area (Å²) in [5, 5.41) is 5.55. The number of ether oxygens (including phenoxy) is 2. The molecule has 0 fully saturated rings. The zero-order valence-electron chi connectivity index (χ0n) is 13.4. The first kappa shape index (κ1) is 15.8. The van der Waals surface area contributed by atoms with Gasteiger partial charge >= 0.3 is 0 Å². The third kappa shape index (κ3) is 3.39. The lowest BCUT2D eigenvalue weighted by molar-refractivity contribution is -0.115. The van der Waals surface area contributed by atoms with E-state index in [1.807, 2.05) is 42.5 Å². The Balaban J connectivity index is 1.51. The van der Waals surface area contributed by atoms with Crippen LogP contribution in [0.15, 0.2) is 54.6 Å². The lowest BCUT2D eigenvalue weighted by Gasteiger charge is -2.20. The first-order valence-corrected chi connectivity index (χ1v) is 8.43. The van der Waals surface area contributed by atoms with E-state index in [-0.39, 0.29) is 12.3 Å². The molecule has 1 aliphatic heterocycles. The molecule has 0 radical (unpaired) electrons. The zero-order chi connectivity index (χ0) is 17.2. The number of nitrogens with one attached hydrogen (secondary N) is 1. The monoisotopic (exact) mass is 353 g/mol. The van der Waals surface area contributed by atoms with Gasteiger partial charge in [-0.05, 0) is 16.3 Å². The number of benzene rings is 3. The van der Waals surface area contributed by atoms with Crippen molar-refractivity contribution < 1.29 is 14.3 Å². The molecule has 0 spiro atoms. The maximum Gasteiger partial charge on any atom is 0.228 e. The second-order valence-corrected chi connectivity index (χ2v) is 6.29. The Morgan fingerprint density at radius 2 is 1.68 bits per heavy atom. The van der Waals surface area contributed by atoms with Crippen LogP contribution in [0.5, 0.6) is 11.5 Å². The average Bonchev–Trinajstić information content (AvgIpc) is 2.62. The largest absolute Gasteiger partial charge is 0.486 e. The molecular weight excluding hydrogens is 338 g/mol. The van der Waals surface area contributed by atoms with Gasteiger partial charge in [0, 0.05) is 12.1 Å². The Bertz CT molecular complexity index is 955. The number of carbonyl (C=O) groups excluding carboxylic acids is 1. The number of rotatable bonds is 3. The van der Waals surface area contributed by atoms with Gasteiger partial charge in [0.15, 0.2) is 11.5 Å². The maximum absolute atomic E-state index is 12.4. The van der Waals surface area contributed by atoms with E-state index in [1.54, 1.807) is 12.1 Å². The number of halogens is 1. The number of hydrogen-bond acceptors (Lipinski definition) is 3. The highest BCUT2D eigenvalue weighted by Gasteiger charge is 2.16. The van der Waals surface area contributed by atoms with E-state index >= 15 is 0 Å². The van der Waals surface area contributed by atoms with Crippen LogP contribution in [0, 0.1) is 0 Å². The zero-order valence-corrected chi connectivity index (χ0v) is 14.2. The molecule has 1 heterocycles. The fraction of sp³-hybridized carbons (Fsp3) is 0.150. The van der Waals surface area contributed by atoms with E-state index in [2.05, 4.69) is 5.32 Å². The van der Waals surface area contributed by atoms with Gasteiger partial charge in [-0.15, -0.1) is 0 Å². The minimum absolute atomic E-state index is 0.131. The normalized spacial score (nSPS) is 12.8. The van der Waals surface area contributed by atoms with Crippen molar-refractivity contribution in [1.82, 2.24) is 0 Å². The first-order chi connectivity index (χ1) is 12.2. The van der Waals surface area contributed by atoms with Crippen LogP contribution in [-0.4, -0.2) is 19.1 Å². The Kier molecular flexibility index (Phi) is 4.20. The molecule has 25 heavy (non-hydrogen) atoms. The van der Waals surface area contributed by atoms with E-state index < -0.39 is 0 Å². The second-order valence-electron chi connectivity index (χ2n) is 5.88. The average molecular weight is 354 g/mol. The van der Waals surface area contributed by atoms with E-state index in [0.29, 0.717) is 35.4 Å². The van der Waals surface area contributed by atoms with Gasteiger partial charge in [-0.1, -0.05) is 54.1 Å². The first-order valence-electron chi connectivity index (χ1n) is 8.06. The number of anilines is 1. The standard InChI is InChI=1S/C20H16ClNO3/c21-16-11-18-19(25-8-7-24-18)12-17(16)22-20(23)10-13-5-6-14-3-1-2-4-15(14)9-13/h1-6,9,11-12H,7-8,10H2,(H,22,23). The SMILES string of the molecule is O=C(Cc1ccc2ccccc2c1)Nc1cc2c(cc1Cl)OCCO2. The van der Waals surface area contributed by atoms with E-state index in [0.717, 1.165) is 16.3 Å². The van der Waals surface area contributed by atoms with Gasteiger partial charge in [0.05, 0.1) is 17.1 Å². The lowest BCUT2D eigenvalue weighted by Crippen LogP contribution is -2.17. The van der Waals surface area contributed by atoms with Gasteiger partial charge < -0.3 is 14.8 Å². The smallest absolute Gasteiger partial charge is 0.228 e. The van der Waals surface area contributed by atoms with Crippen molar-refractivity contribution in [2.45, 2.75) is 6.42 Å². The molecule has 1 amide bonds. The summed E-state index contributed by atoms with van der Waals surface area (Å²) in [6.07, 6.45) is 0.273. The van der Waals surface area contributed by atoms with Gasteiger partial charge in [0.1, 0.15) is 13.2 Å². The molecule has 3 aromatic rings. The van der Waals surface area contributed by atoms with Crippen molar-refractivity contribution >= 4 is 34.0 Å². The fourth-order valence-corrected chi connectivity index (χ4v) is 3.09. The lowest BCUT2D eigenvalue weighted by atomic mass is 10.0. The summed E-state index contributed by atoms with van der Waals surface area (Å²) >= 11 is 6.24. The van der Waals surface area contributed by atoms with Crippen molar-refractivity contribution in [3.05, 3.63) is 65.2 Å². The third-order valence-corrected chi connectivity index (χ3v) is 4.40. The van der Waals surface area contributed by atoms with E-state index in [1.165, 1.54) is 0 Å². The summed E-state index contributed by atoms with van der Waals surface area (Å²) in [7, 11) is 0. The fourth-order valence-electron chi connectivity index (χ4n) is 2.89. The van der Waals surface area contributed by atoms with Gasteiger partial charge in [0.25, 0.3) is 0 Å². The van der Waals surface area contributed by atoms with Crippen LogP contribution in [0.1, 0.15) is 5.56 Å². The third-order valence-electron chi connectivity index (χ3n) is 4.08. The Morgan fingerprint density at radius 1 is 0.960 bits per heavy atom. The molecule has 126 valence electrons. The molecule has 4 rings (SSSR count). The van der Waals surface area contributed by atoms with Crippen molar-refractivity contribution in [2.24, 2.45) is 0 Å². The highest BCUT2D eigenvalue weighted by molar-refractivity contribution is 6.34. The van der Waals surface area contributed by atoms with Crippen LogP contribution < -0.4 is 14.8 Å². The molecule has 4 nitrogen and oxygen atoms in total. The summed E-state index contributed by atoms with van der Waals surface area (Å²) in [5.41, 5.74) is 1.47. The molecule has 5 heteroatoms. The predicted octanol–water partition coefficient (Wildman–Crippen LogP) is 4.45. The minimum Gasteiger partial charge on any atom is -0.486 e. The Morgan fingerprint density at radius 3 is 2.48 bits per heavy atom. The van der Waals surface area contributed by atoms with Gasteiger partial charge in [-0.3, -0.25) is 4.79 Å². The summed E-state index contributed by atoms with van der Waals surface area (Å²) in [6.45, 7) is 0.982. The number of fused-ring (bicyclic) bond motifs is 2. The van der Waals surface area contributed by atoms with Crippen molar-refractivity contribution in [1.29, 1.82) is 0 Å². The highest BCUT2D eigenvalue weighted by atomic mass is 35.5. The van der Waals surface area contributed by atoms with Crippen molar-refractivity contribution in [3.63, 3.8) is 0 Å².